The van der Waals surface area contributed by atoms with Crippen LogP contribution in [0.15, 0.2) is 48.7 Å². The molecule has 0 radical (unpaired) electrons. The maximum Gasteiger partial charge on any atom is 0.332 e. The van der Waals surface area contributed by atoms with E-state index in [0.717, 1.165) is 24.1 Å². The third kappa shape index (κ3) is 6.23. The number of hydrogen-bond acceptors (Lipinski definition) is 8. The third-order valence-corrected chi connectivity index (χ3v) is 5.75. The van der Waals surface area contributed by atoms with Gasteiger partial charge in [-0.25, -0.2) is 9.78 Å². The monoisotopic (exact) mass is 479 g/mol. The lowest BCUT2D eigenvalue weighted by Crippen LogP contribution is -2.38. The second-order valence-electron chi connectivity index (χ2n) is 8.07. The van der Waals surface area contributed by atoms with E-state index >= 15 is 0 Å². The van der Waals surface area contributed by atoms with E-state index in [-0.39, 0.29) is 36.3 Å². The van der Waals surface area contributed by atoms with Crippen molar-refractivity contribution in [2.45, 2.75) is 31.9 Å². The van der Waals surface area contributed by atoms with Crippen molar-refractivity contribution in [2.75, 3.05) is 32.2 Å². The first-order valence-electron chi connectivity index (χ1n) is 11.5. The Kier molecular flexibility index (Phi) is 8.07. The maximum absolute atomic E-state index is 12.9. The summed E-state index contributed by atoms with van der Waals surface area (Å²) in [7, 11) is 1.57. The number of nitrogens with one attached hydrogen (secondary N) is 3. The molecule has 10 nitrogen and oxygen atoms in total. The minimum atomic E-state index is -0.347. The molecule has 10 heteroatoms. The average molecular weight is 480 g/mol. The molecule has 1 aromatic carbocycles. The summed E-state index contributed by atoms with van der Waals surface area (Å²) in [6.45, 7) is 2.71. The molecule has 3 aromatic rings. The van der Waals surface area contributed by atoms with Crippen molar-refractivity contribution in [1.82, 2.24) is 20.5 Å². The highest BCUT2D eigenvalue weighted by Crippen LogP contribution is 2.32. The van der Waals surface area contributed by atoms with E-state index in [2.05, 4.69) is 25.8 Å². The van der Waals surface area contributed by atoms with Crippen molar-refractivity contribution in [2.24, 2.45) is 0 Å². The van der Waals surface area contributed by atoms with E-state index in [9.17, 15) is 9.59 Å². The van der Waals surface area contributed by atoms with Crippen LogP contribution in [0.2, 0.25) is 0 Å². The van der Waals surface area contributed by atoms with Crippen LogP contribution >= 0.6 is 0 Å². The zero-order chi connectivity index (χ0) is 24.6. The van der Waals surface area contributed by atoms with Gasteiger partial charge >= 0.3 is 5.97 Å². The van der Waals surface area contributed by atoms with Gasteiger partial charge in [0.25, 0.3) is 5.91 Å². The molecular formula is C25H29N5O5. The molecule has 2 unspecified atom stereocenters. The number of anilines is 1. The van der Waals surface area contributed by atoms with Gasteiger partial charge in [0.15, 0.2) is 0 Å². The molecule has 1 fully saturated rings. The van der Waals surface area contributed by atoms with Crippen LogP contribution < -0.4 is 15.4 Å². The standard InChI is InChI=1S/C25H29N5O5/c1-3-34-24(31)15-35-17-8-10-18(26-14-17)16-7-9-21(23(13-16)33-2)29-25(32)22-6-4-5-19(28-22)20-11-12-27-30-20/h4-7,9,11-13,17-18,26H,3,8,10,14-15H2,1-2H3,(H,27,30)(H,29,32). The van der Waals surface area contributed by atoms with Gasteiger partial charge in [-0.3, -0.25) is 9.89 Å². The minimum absolute atomic E-state index is 0.0350. The van der Waals surface area contributed by atoms with E-state index in [4.69, 9.17) is 14.2 Å². The number of aromatic nitrogens is 3. The molecule has 4 rings (SSSR count). The molecule has 3 N–H and O–H groups in total. The summed E-state index contributed by atoms with van der Waals surface area (Å²) in [6, 6.07) is 12.9. The number of pyridine rings is 1. The number of rotatable bonds is 9. The van der Waals surface area contributed by atoms with Crippen molar-refractivity contribution in [3.05, 3.63) is 59.9 Å². The fourth-order valence-corrected chi connectivity index (χ4v) is 3.97. The predicted molar refractivity (Wildman–Crippen MR) is 129 cm³/mol. The highest BCUT2D eigenvalue weighted by molar-refractivity contribution is 6.04. The van der Waals surface area contributed by atoms with Gasteiger partial charge in [0.1, 0.15) is 18.1 Å². The Bertz CT molecular complexity index is 1140. The summed E-state index contributed by atoms with van der Waals surface area (Å²) in [6.07, 6.45) is 3.25. The van der Waals surface area contributed by atoms with E-state index in [1.807, 2.05) is 24.3 Å². The predicted octanol–water partition coefficient (Wildman–Crippen LogP) is 3.11. The van der Waals surface area contributed by atoms with Crippen LogP contribution in [0.4, 0.5) is 5.69 Å². The van der Waals surface area contributed by atoms with Crippen LogP contribution in [-0.2, 0) is 14.3 Å². The molecule has 0 saturated carbocycles. The SMILES string of the molecule is CCOC(=O)COC1CCC(c2ccc(NC(=O)c3cccc(-c4ccn[nH]4)n3)c(OC)c2)NC1. The van der Waals surface area contributed by atoms with E-state index in [0.29, 0.717) is 30.3 Å². The Morgan fingerprint density at radius 3 is 2.77 bits per heavy atom. The Morgan fingerprint density at radius 2 is 2.06 bits per heavy atom. The molecule has 1 amide bonds. The Morgan fingerprint density at radius 1 is 1.17 bits per heavy atom. The molecule has 2 atom stereocenters. The Balaban J connectivity index is 1.37. The van der Waals surface area contributed by atoms with Gasteiger partial charge in [0, 0.05) is 18.8 Å². The molecule has 2 aromatic heterocycles. The second kappa shape index (κ2) is 11.6. The highest BCUT2D eigenvalue weighted by atomic mass is 16.6. The summed E-state index contributed by atoms with van der Waals surface area (Å²) in [4.78, 5) is 28.8. The molecule has 0 spiro atoms. The first-order valence-corrected chi connectivity index (χ1v) is 11.5. The van der Waals surface area contributed by atoms with Crippen LogP contribution in [0.1, 0.15) is 41.9 Å². The quantitative estimate of drug-likeness (QED) is 0.400. The molecular weight excluding hydrogens is 450 g/mol. The van der Waals surface area contributed by atoms with Gasteiger partial charge in [-0.2, -0.15) is 5.10 Å². The molecule has 35 heavy (non-hydrogen) atoms. The average Bonchev–Trinajstić information content (AvgIpc) is 3.43. The third-order valence-electron chi connectivity index (χ3n) is 5.75. The summed E-state index contributed by atoms with van der Waals surface area (Å²) in [5.41, 5.74) is 3.25. The van der Waals surface area contributed by atoms with Crippen LogP contribution in [0.5, 0.6) is 5.75 Å². The van der Waals surface area contributed by atoms with Crippen molar-refractivity contribution >= 4 is 17.6 Å². The lowest BCUT2D eigenvalue weighted by molar-refractivity contribution is -0.151. The number of esters is 1. The van der Waals surface area contributed by atoms with Crippen LogP contribution in [0.25, 0.3) is 11.4 Å². The Hall–Kier alpha value is -3.76. The number of piperidine rings is 1. The van der Waals surface area contributed by atoms with Crippen molar-refractivity contribution in [1.29, 1.82) is 0 Å². The number of carbonyl (C=O) groups is 2. The van der Waals surface area contributed by atoms with E-state index in [1.54, 1.807) is 38.4 Å². The molecule has 0 aliphatic carbocycles. The number of aromatic amines is 1. The van der Waals surface area contributed by atoms with Crippen LogP contribution in [-0.4, -0.2) is 60.0 Å². The van der Waals surface area contributed by atoms with Crippen molar-refractivity contribution in [3.63, 3.8) is 0 Å². The maximum atomic E-state index is 12.9. The zero-order valence-electron chi connectivity index (χ0n) is 19.7. The smallest absolute Gasteiger partial charge is 0.332 e. The number of carbonyl (C=O) groups excluding carboxylic acids is 2. The number of benzene rings is 1. The number of hydrogen-bond donors (Lipinski definition) is 3. The van der Waals surface area contributed by atoms with Gasteiger partial charge in [0.05, 0.1) is 36.9 Å². The lowest BCUT2D eigenvalue weighted by Gasteiger charge is -2.30. The molecule has 0 bridgehead atoms. The fraction of sp³-hybridized carbons (Fsp3) is 0.360. The first-order chi connectivity index (χ1) is 17.1. The second-order valence-corrected chi connectivity index (χ2v) is 8.07. The molecule has 3 heterocycles. The number of methoxy groups -OCH3 is 1. The van der Waals surface area contributed by atoms with E-state index < -0.39 is 0 Å². The summed E-state index contributed by atoms with van der Waals surface area (Å²) < 4.78 is 16.1. The summed E-state index contributed by atoms with van der Waals surface area (Å²) in [5.74, 6) is -0.127. The molecule has 1 saturated heterocycles. The molecule has 1 aliphatic heterocycles. The van der Waals surface area contributed by atoms with Gasteiger partial charge in [-0.05, 0) is 55.7 Å². The summed E-state index contributed by atoms with van der Waals surface area (Å²) >= 11 is 0. The minimum Gasteiger partial charge on any atom is -0.495 e. The number of ether oxygens (including phenoxy) is 3. The van der Waals surface area contributed by atoms with Gasteiger partial charge in [0.2, 0.25) is 0 Å². The van der Waals surface area contributed by atoms with Gasteiger partial charge in [-0.1, -0.05) is 12.1 Å². The lowest BCUT2D eigenvalue weighted by atomic mass is 9.95. The van der Waals surface area contributed by atoms with Crippen molar-refractivity contribution in [3.8, 4) is 17.1 Å². The fourth-order valence-electron chi connectivity index (χ4n) is 3.97. The van der Waals surface area contributed by atoms with E-state index in [1.165, 1.54) is 0 Å². The molecule has 184 valence electrons. The number of amides is 1. The topological polar surface area (TPSA) is 127 Å². The van der Waals surface area contributed by atoms with Gasteiger partial charge < -0.3 is 24.8 Å². The number of H-pyrrole nitrogens is 1. The van der Waals surface area contributed by atoms with Gasteiger partial charge in [-0.15, -0.1) is 0 Å². The zero-order valence-corrected chi connectivity index (χ0v) is 19.7. The summed E-state index contributed by atoms with van der Waals surface area (Å²) in [5, 5.41) is 13.1. The number of nitrogens with zero attached hydrogens (tertiary/aromatic N) is 2. The highest BCUT2D eigenvalue weighted by Gasteiger charge is 2.24. The first kappa shape index (κ1) is 24.4. The normalized spacial score (nSPS) is 17.5. The largest absolute Gasteiger partial charge is 0.495 e. The van der Waals surface area contributed by atoms with Crippen LogP contribution in [0, 0.1) is 0 Å². The Labute approximate surface area is 203 Å². The van der Waals surface area contributed by atoms with Crippen LogP contribution in [0.3, 0.4) is 0 Å². The van der Waals surface area contributed by atoms with Crippen molar-refractivity contribution < 1.29 is 23.8 Å². The molecule has 1 aliphatic rings.